The topological polar surface area (TPSA) is 35.2 Å². The first-order chi connectivity index (χ1) is 7.05. The normalized spacial score (nSPS) is 16.5. The summed E-state index contributed by atoms with van der Waals surface area (Å²) < 4.78 is 5.71. The molecule has 1 aliphatic carbocycles. The minimum atomic E-state index is -0.293. The van der Waals surface area contributed by atoms with Crippen LogP contribution >= 0.6 is 0 Å². The third kappa shape index (κ3) is 2.96. The van der Waals surface area contributed by atoms with E-state index in [2.05, 4.69) is 0 Å². The lowest BCUT2D eigenvalue weighted by molar-refractivity contribution is 0.299. The van der Waals surface area contributed by atoms with Gasteiger partial charge in [-0.05, 0) is 50.3 Å². The molecule has 0 aromatic heterocycles. The van der Waals surface area contributed by atoms with Gasteiger partial charge in [-0.25, -0.2) is 0 Å². The molecule has 1 aromatic carbocycles. The SMILES string of the molecule is CC(C)(N)c1cccc(OCC2CC2)c1. The van der Waals surface area contributed by atoms with Crippen LogP contribution in [0.3, 0.4) is 0 Å². The molecular formula is C13H19NO. The molecule has 0 atom stereocenters. The van der Waals surface area contributed by atoms with Crippen molar-refractivity contribution in [2.45, 2.75) is 32.2 Å². The smallest absolute Gasteiger partial charge is 0.119 e. The van der Waals surface area contributed by atoms with Crippen molar-refractivity contribution in [2.75, 3.05) is 6.61 Å². The van der Waals surface area contributed by atoms with E-state index in [-0.39, 0.29) is 5.54 Å². The second kappa shape index (κ2) is 3.86. The molecule has 15 heavy (non-hydrogen) atoms. The van der Waals surface area contributed by atoms with E-state index in [1.165, 1.54) is 12.8 Å². The lowest BCUT2D eigenvalue weighted by Gasteiger charge is -2.19. The van der Waals surface area contributed by atoms with Gasteiger partial charge in [0.1, 0.15) is 5.75 Å². The van der Waals surface area contributed by atoms with Crippen molar-refractivity contribution in [3.63, 3.8) is 0 Å². The summed E-state index contributed by atoms with van der Waals surface area (Å²) in [5, 5.41) is 0. The van der Waals surface area contributed by atoms with Crippen LogP contribution < -0.4 is 10.5 Å². The zero-order chi connectivity index (χ0) is 10.9. The van der Waals surface area contributed by atoms with Gasteiger partial charge >= 0.3 is 0 Å². The van der Waals surface area contributed by atoms with Crippen LogP contribution in [0.25, 0.3) is 0 Å². The number of hydrogen-bond donors (Lipinski definition) is 1. The minimum Gasteiger partial charge on any atom is -0.493 e. The van der Waals surface area contributed by atoms with Gasteiger partial charge in [0.05, 0.1) is 6.61 Å². The van der Waals surface area contributed by atoms with Gasteiger partial charge in [0.2, 0.25) is 0 Å². The van der Waals surface area contributed by atoms with Gasteiger partial charge in [-0.15, -0.1) is 0 Å². The van der Waals surface area contributed by atoms with Crippen molar-refractivity contribution in [3.8, 4) is 5.75 Å². The van der Waals surface area contributed by atoms with E-state index >= 15 is 0 Å². The Bertz CT molecular complexity index is 337. The first kappa shape index (κ1) is 10.5. The van der Waals surface area contributed by atoms with E-state index < -0.39 is 0 Å². The van der Waals surface area contributed by atoms with Gasteiger partial charge < -0.3 is 10.5 Å². The number of rotatable bonds is 4. The number of hydrogen-bond acceptors (Lipinski definition) is 2. The minimum absolute atomic E-state index is 0.293. The lowest BCUT2D eigenvalue weighted by atomic mass is 9.96. The molecule has 0 saturated heterocycles. The largest absolute Gasteiger partial charge is 0.493 e. The summed E-state index contributed by atoms with van der Waals surface area (Å²) in [6.07, 6.45) is 2.64. The quantitative estimate of drug-likeness (QED) is 0.820. The molecule has 0 aliphatic heterocycles. The first-order valence-electron chi connectivity index (χ1n) is 5.58. The van der Waals surface area contributed by atoms with E-state index in [0.717, 1.165) is 23.8 Å². The summed E-state index contributed by atoms with van der Waals surface area (Å²) >= 11 is 0. The van der Waals surface area contributed by atoms with Crippen LogP contribution in [-0.2, 0) is 5.54 Å². The van der Waals surface area contributed by atoms with Crippen LogP contribution in [-0.4, -0.2) is 6.61 Å². The molecule has 2 rings (SSSR count). The Labute approximate surface area is 91.4 Å². The summed E-state index contributed by atoms with van der Waals surface area (Å²) in [4.78, 5) is 0. The van der Waals surface area contributed by atoms with Gasteiger partial charge in [0.25, 0.3) is 0 Å². The van der Waals surface area contributed by atoms with Crippen molar-refractivity contribution in [1.82, 2.24) is 0 Å². The van der Waals surface area contributed by atoms with Crippen molar-refractivity contribution in [3.05, 3.63) is 29.8 Å². The van der Waals surface area contributed by atoms with Crippen LogP contribution in [0.4, 0.5) is 0 Å². The van der Waals surface area contributed by atoms with Gasteiger partial charge in [-0.3, -0.25) is 0 Å². The molecule has 1 saturated carbocycles. The van der Waals surface area contributed by atoms with Crippen molar-refractivity contribution in [1.29, 1.82) is 0 Å². The molecule has 82 valence electrons. The molecule has 0 amide bonds. The van der Waals surface area contributed by atoms with Gasteiger partial charge in [0.15, 0.2) is 0 Å². The second-order valence-electron chi connectivity index (χ2n) is 5.00. The van der Waals surface area contributed by atoms with Crippen molar-refractivity contribution >= 4 is 0 Å². The predicted octanol–water partition coefficient (Wildman–Crippen LogP) is 2.67. The average molecular weight is 205 g/mol. The maximum atomic E-state index is 6.04. The van der Waals surface area contributed by atoms with Crippen molar-refractivity contribution < 1.29 is 4.74 Å². The first-order valence-corrected chi connectivity index (χ1v) is 5.58. The molecule has 0 radical (unpaired) electrons. The van der Waals surface area contributed by atoms with Gasteiger partial charge in [-0.1, -0.05) is 12.1 Å². The summed E-state index contributed by atoms with van der Waals surface area (Å²) in [5.41, 5.74) is 6.87. The fourth-order valence-corrected chi connectivity index (χ4v) is 1.49. The highest BCUT2D eigenvalue weighted by Gasteiger charge is 2.22. The van der Waals surface area contributed by atoms with E-state index in [1.807, 2.05) is 38.1 Å². The summed E-state index contributed by atoms with van der Waals surface area (Å²) in [7, 11) is 0. The Morgan fingerprint density at radius 2 is 2.13 bits per heavy atom. The zero-order valence-corrected chi connectivity index (χ0v) is 9.49. The molecule has 0 unspecified atom stereocenters. The predicted molar refractivity (Wildman–Crippen MR) is 61.9 cm³/mol. The Balaban J connectivity index is 2.04. The zero-order valence-electron chi connectivity index (χ0n) is 9.49. The van der Waals surface area contributed by atoms with Crippen LogP contribution in [0.5, 0.6) is 5.75 Å². The number of benzene rings is 1. The van der Waals surface area contributed by atoms with E-state index in [9.17, 15) is 0 Å². The Morgan fingerprint density at radius 3 is 2.73 bits per heavy atom. The molecule has 1 fully saturated rings. The average Bonchev–Trinajstić information content (AvgIpc) is 2.97. The highest BCUT2D eigenvalue weighted by Crippen LogP contribution is 2.30. The third-order valence-electron chi connectivity index (χ3n) is 2.76. The molecular weight excluding hydrogens is 186 g/mol. The van der Waals surface area contributed by atoms with Gasteiger partial charge in [0, 0.05) is 5.54 Å². The maximum Gasteiger partial charge on any atom is 0.119 e. The molecule has 1 aliphatic rings. The number of ether oxygens (including phenoxy) is 1. The monoisotopic (exact) mass is 205 g/mol. The van der Waals surface area contributed by atoms with Crippen LogP contribution in [0, 0.1) is 5.92 Å². The molecule has 1 aromatic rings. The fraction of sp³-hybridized carbons (Fsp3) is 0.538. The molecule has 0 spiro atoms. The molecule has 0 bridgehead atoms. The standard InChI is InChI=1S/C13H19NO/c1-13(2,14)11-4-3-5-12(8-11)15-9-10-6-7-10/h3-5,8,10H,6-7,9,14H2,1-2H3. The molecule has 2 nitrogen and oxygen atoms in total. The second-order valence-corrected chi connectivity index (χ2v) is 5.00. The van der Waals surface area contributed by atoms with E-state index in [0.29, 0.717) is 0 Å². The van der Waals surface area contributed by atoms with Crippen molar-refractivity contribution in [2.24, 2.45) is 11.7 Å². The van der Waals surface area contributed by atoms with Crippen LogP contribution in [0.2, 0.25) is 0 Å². The summed E-state index contributed by atoms with van der Waals surface area (Å²) in [6, 6.07) is 8.09. The van der Waals surface area contributed by atoms with Gasteiger partial charge in [-0.2, -0.15) is 0 Å². The molecule has 0 heterocycles. The lowest BCUT2D eigenvalue weighted by Crippen LogP contribution is -2.28. The van der Waals surface area contributed by atoms with Crippen LogP contribution in [0.1, 0.15) is 32.3 Å². The van der Waals surface area contributed by atoms with Crippen LogP contribution in [0.15, 0.2) is 24.3 Å². The fourth-order valence-electron chi connectivity index (χ4n) is 1.49. The third-order valence-corrected chi connectivity index (χ3v) is 2.76. The Morgan fingerprint density at radius 1 is 1.40 bits per heavy atom. The highest BCUT2D eigenvalue weighted by molar-refractivity contribution is 5.32. The Kier molecular flexibility index (Phi) is 2.70. The van der Waals surface area contributed by atoms with E-state index in [1.54, 1.807) is 0 Å². The number of nitrogens with two attached hydrogens (primary N) is 1. The summed E-state index contributed by atoms with van der Waals surface area (Å²) in [5.74, 6) is 1.73. The summed E-state index contributed by atoms with van der Waals surface area (Å²) in [6.45, 7) is 4.87. The van der Waals surface area contributed by atoms with E-state index in [4.69, 9.17) is 10.5 Å². The molecule has 2 N–H and O–H groups in total. The highest BCUT2D eigenvalue weighted by atomic mass is 16.5. The molecule has 2 heteroatoms. The Hall–Kier alpha value is -1.02. The maximum absolute atomic E-state index is 6.04.